The number of amides is 2. The molecule has 2 atom stereocenters. The summed E-state index contributed by atoms with van der Waals surface area (Å²) in [7, 11) is 3.89. The minimum atomic E-state index is -4.58. The second kappa shape index (κ2) is 14.0. The number of likely N-dealkylation sites (N-methyl/N-ethyl adjacent to an activating group) is 1. The lowest BCUT2D eigenvalue weighted by Crippen LogP contribution is -2.54. The summed E-state index contributed by atoms with van der Waals surface area (Å²) in [5.74, 6) is 5.66. The predicted molar refractivity (Wildman–Crippen MR) is 185 cm³/mol. The van der Waals surface area contributed by atoms with Crippen LogP contribution in [0.5, 0.6) is 0 Å². The van der Waals surface area contributed by atoms with Gasteiger partial charge in [-0.3, -0.25) is 14.5 Å². The standard InChI is InChI=1S/C37H39F3N8O2/c1-22-20-48(23(2)19-46(22)3)21-27-10-11-28(16-30(27)37(38,39)40)44-33(49)15-25-7-5-6-24(14-25)8-9-26-18-43-36(41)45-34(26)32-17-29-31(47(32)4)12-13-42-35(29)50/h5-7,10-11,14,16-18,22-23H,12-13,15,19-21H2,1-4H3,(H,42,50)(H,44,49)(H2,41,43,45)/t22-,23+/m1/s1. The highest BCUT2D eigenvalue weighted by atomic mass is 19.4. The number of carbonyl (C=O) groups is 2. The lowest BCUT2D eigenvalue weighted by Gasteiger charge is -2.42. The Morgan fingerprint density at radius 2 is 1.88 bits per heavy atom. The van der Waals surface area contributed by atoms with Crippen molar-refractivity contribution in [2.45, 2.75) is 51.5 Å². The first-order valence-electron chi connectivity index (χ1n) is 16.4. The molecule has 6 rings (SSSR count). The Morgan fingerprint density at radius 3 is 2.64 bits per heavy atom. The summed E-state index contributed by atoms with van der Waals surface area (Å²) in [6.07, 6.45) is -2.43. The molecule has 13 heteroatoms. The third-order valence-electron chi connectivity index (χ3n) is 9.43. The van der Waals surface area contributed by atoms with E-state index in [9.17, 15) is 22.8 Å². The van der Waals surface area contributed by atoms with E-state index in [1.165, 1.54) is 18.3 Å². The van der Waals surface area contributed by atoms with Gasteiger partial charge in [0.05, 0.1) is 28.8 Å². The Bertz CT molecular complexity index is 2010. The molecule has 0 spiro atoms. The number of hydrogen-bond acceptors (Lipinski definition) is 7. The van der Waals surface area contributed by atoms with Crippen molar-refractivity contribution in [2.24, 2.45) is 7.05 Å². The molecule has 0 bridgehead atoms. The van der Waals surface area contributed by atoms with Crippen LogP contribution in [0.2, 0.25) is 0 Å². The molecular formula is C37H39F3N8O2. The number of fused-ring (bicyclic) bond motifs is 1. The summed E-state index contributed by atoms with van der Waals surface area (Å²) in [6, 6.07) is 13.2. The predicted octanol–water partition coefficient (Wildman–Crippen LogP) is 4.47. The monoisotopic (exact) mass is 684 g/mol. The minimum absolute atomic E-state index is 0.0669. The highest BCUT2D eigenvalue weighted by Gasteiger charge is 2.35. The van der Waals surface area contributed by atoms with Crippen molar-refractivity contribution >= 4 is 23.5 Å². The van der Waals surface area contributed by atoms with Gasteiger partial charge >= 0.3 is 6.18 Å². The van der Waals surface area contributed by atoms with Gasteiger partial charge in [-0.25, -0.2) is 9.97 Å². The quantitative estimate of drug-likeness (QED) is 0.256. The molecule has 0 unspecified atom stereocenters. The number of hydrogen-bond donors (Lipinski definition) is 3. The van der Waals surface area contributed by atoms with Crippen LogP contribution in [0.1, 0.15) is 57.7 Å². The molecule has 1 saturated heterocycles. The molecule has 2 aromatic carbocycles. The number of nitrogens with zero attached hydrogens (tertiary/aromatic N) is 5. The van der Waals surface area contributed by atoms with E-state index in [4.69, 9.17) is 5.73 Å². The Labute approximate surface area is 288 Å². The maximum absolute atomic E-state index is 14.2. The number of nitrogens with two attached hydrogens (primary N) is 1. The second-order valence-corrected chi connectivity index (χ2v) is 13.1. The smallest absolute Gasteiger partial charge is 0.368 e. The number of benzene rings is 2. The van der Waals surface area contributed by atoms with Gasteiger partial charge in [-0.05, 0) is 62.4 Å². The van der Waals surface area contributed by atoms with Gasteiger partial charge in [0, 0.05) is 74.9 Å². The lowest BCUT2D eigenvalue weighted by atomic mass is 10.0. The first-order valence-corrected chi connectivity index (χ1v) is 16.4. The van der Waals surface area contributed by atoms with Crippen LogP contribution in [0.4, 0.5) is 24.8 Å². The third-order valence-corrected chi connectivity index (χ3v) is 9.43. The van der Waals surface area contributed by atoms with Crippen LogP contribution >= 0.6 is 0 Å². The number of nitrogen functional groups attached to an aromatic ring is 1. The number of piperazine rings is 1. The van der Waals surface area contributed by atoms with E-state index in [1.807, 2.05) is 25.6 Å². The summed E-state index contributed by atoms with van der Waals surface area (Å²) in [4.78, 5) is 38.3. The van der Waals surface area contributed by atoms with Crippen LogP contribution in [0.25, 0.3) is 11.4 Å². The maximum Gasteiger partial charge on any atom is 0.416 e. The molecule has 4 N–H and O–H groups in total. The number of carbonyl (C=O) groups excluding carboxylic acids is 2. The highest BCUT2D eigenvalue weighted by molar-refractivity contribution is 5.98. The fourth-order valence-corrected chi connectivity index (χ4v) is 6.60. The van der Waals surface area contributed by atoms with E-state index in [-0.39, 0.29) is 48.2 Å². The number of anilines is 2. The fourth-order valence-electron chi connectivity index (χ4n) is 6.60. The number of aromatic nitrogens is 3. The molecule has 4 aromatic rings. The van der Waals surface area contributed by atoms with Crippen LogP contribution < -0.4 is 16.4 Å². The van der Waals surface area contributed by atoms with E-state index in [2.05, 4.69) is 49.2 Å². The topological polar surface area (TPSA) is 121 Å². The number of nitrogens with one attached hydrogen (secondary N) is 2. The molecule has 2 amide bonds. The van der Waals surface area contributed by atoms with Crippen LogP contribution in [0.3, 0.4) is 0 Å². The largest absolute Gasteiger partial charge is 0.416 e. The van der Waals surface area contributed by atoms with E-state index in [0.717, 1.165) is 18.3 Å². The van der Waals surface area contributed by atoms with Crippen molar-refractivity contribution in [3.8, 4) is 23.2 Å². The zero-order chi connectivity index (χ0) is 35.7. The Kier molecular flexibility index (Phi) is 9.69. The molecule has 2 aromatic heterocycles. The second-order valence-electron chi connectivity index (χ2n) is 13.1. The van der Waals surface area contributed by atoms with Gasteiger partial charge in [0.1, 0.15) is 5.69 Å². The van der Waals surface area contributed by atoms with Crippen molar-refractivity contribution in [1.29, 1.82) is 0 Å². The summed E-state index contributed by atoms with van der Waals surface area (Å²) in [5, 5.41) is 5.49. The van der Waals surface area contributed by atoms with Crippen molar-refractivity contribution in [3.05, 3.63) is 93.8 Å². The van der Waals surface area contributed by atoms with Crippen molar-refractivity contribution < 1.29 is 22.8 Å². The molecule has 1 fully saturated rings. The SMILES string of the molecule is C[C@@H]1CN(Cc2ccc(NC(=O)Cc3cccc(C#Cc4cnc(N)nc4-c4cc5c(n4C)CCNC5=O)c3)cc2C(F)(F)F)[C@@H](C)CN1C. The average Bonchev–Trinajstić information content (AvgIpc) is 3.40. The molecule has 50 heavy (non-hydrogen) atoms. The molecule has 0 saturated carbocycles. The number of halogens is 3. The average molecular weight is 685 g/mol. The van der Waals surface area contributed by atoms with Gasteiger partial charge in [0.25, 0.3) is 5.91 Å². The zero-order valence-electron chi connectivity index (χ0n) is 28.4. The summed E-state index contributed by atoms with van der Waals surface area (Å²) >= 11 is 0. The normalized spacial score (nSPS) is 18.2. The minimum Gasteiger partial charge on any atom is -0.368 e. The number of rotatable bonds is 6. The molecule has 0 aliphatic carbocycles. The van der Waals surface area contributed by atoms with Gasteiger partial charge in [-0.2, -0.15) is 13.2 Å². The van der Waals surface area contributed by atoms with Gasteiger partial charge in [-0.1, -0.05) is 30.0 Å². The molecule has 2 aliphatic heterocycles. The summed E-state index contributed by atoms with van der Waals surface area (Å²) in [6.45, 7) is 6.25. The van der Waals surface area contributed by atoms with Crippen molar-refractivity contribution in [2.75, 3.05) is 37.7 Å². The Hall–Kier alpha value is -5.19. The summed E-state index contributed by atoms with van der Waals surface area (Å²) < 4.78 is 44.5. The Morgan fingerprint density at radius 1 is 1.08 bits per heavy atom. The van der Waals surface area contributed by atoms with E-state index in [0.29, 0.717) is 53.2 Å². The molecule has 0 radical (unpaired) electrons. The molecule has 4 heterocycles. The first kappa shape index (κ1) is 34.7. The van der Waals surface area contributed by atoms with Gasteiger partial charge in [0.2, 0.25) is 11.9 Å². The fraction of sp³-hybridized carbons (Fsp3) is 0.351. The molecule has 2 aliphatic rings. The van der Waals surface area contributed by atoms with Crippen LogP contribution in [0.15, 0.2) is 54.7 Å². The van der Waals surface area contributed by atoms with E-state index >= 15 is 0 Å². The van der Waals surface area contributed by atoms with Gasteiger partial charge in [-0.15, -0.1) is 0 Å². The molecule has 260 valence electrons. The van der Waals surface area contributed by atoms with Crippen LogP contribution in [0, 0.1) is 11.8 Å². The lowest BCUT2D eigenvalue weighted by molar-refractivity contribution is -0.138. The van der Waals surface area contributed by atoms with Gasteiger partial charge in [0.15, 0.2) is 0 Å². The highest BCUT2D eigenvalue weighted by Crippen LogP contribution is 2.35. The number of alkyl halides is 3. The van der Waals surface area contributed by atoms with Crippen molar-refractivity contribution in [1.82, 2.24) is 29.7 Å². The van der Waals surface area contributed by atoms with E-state index < -0.39 is 17.6 Å². The van der Waals surface area contributed by atoms with Gasteiger partial charge < -0.3 is 25.8 Å². The molecular weight excluding hydrogens is 645 g/mol. The van der Waals surface area contributed by atoms with Crippen LogP contribution in [-0.4, -0.2) is 74.9 Å². The van der Waals surface area contributed by atoms with Crippen LogP contribution in [-0.2, 0) is 37.4 Å². The first-order chi connectivity index (χ1) is 23.8. The Balaban J connectivity index is 1.17. The van der Waals surface area contributed by atoms with E-state index in [1.54, 1.807) is 30.3 Å². The maximum atomic E-state index is 14.2. The zero-order valence-corrected chi connectivity index (χ0v) is 28.4. The third kappa shape index (κ3) is 7.51. The molecule has 10 nitrogen and oxygen atoms in total. The summed E-state index contributed by atoms with van der Waals surface area (Å²) in [5.41, 5.74) is 9.82. The van der Waals surface area contributed by atoms with Crippen molar-refractivity contribution in [3.63, 3.8) is 0 Å².